The summed E-state index contributed by atoms with van der Waals surface area (Å²) in [5, 5.41) is 0. The van der Waals surface area contributed by atoms with Crippen molar-refractivity contribution in [2.45, 2.75) is 50.8 Å². The van der Waals surface area contributed by atoms with Crippen molar-refractivity contribution in [2.75, 3.05) is 0 Å². The second kappa shape index (κ2) is 6.60. The minimum Gasteiger partial charge on any atom is -0.0891 e. The molecule has 0 saturated heterocycles. The highest BCUT2D eigenvalue weighted by molar-refractivity contribution is 9.09. The number of hydrogen-bond donors (Lipinski definition) is 0. The molecule has 9 heavy (non-hydrogen) atoms. The van der Waals surface area contributed by atoms with E-state index in [1.54, 1.807) is 0 Å². The second-order valence-electron chi connectivity index (χ2n) is 2.24. The molecule has 1 rings (SSSR count). The SMILES string of the molecule is BrC1CCCCC1.CC. The Kier molecular flexibility index (Phi) is 6.95. The first kappa shape index (κ1) is 9.48. The molecule has 0 aromatic carbocycles. The fraction of sp³-hybridized carbons (Fsp3) is 1.00. The number of alkyl halides is 1. The highest BCUT2D eigenvalue weighted by atomic mass is 79.9. The summed E-state index contributed by atoms with van der Waals surface area (Å²) >= 11 is 3.59. The molecule has 0 N–H and O–H groups in total. The van der Waals surface area contributed by atoms with E-state index in [4.69, 9.17) is 0 Å². The number of hydrogen-bond acceptors (Lipinski definition) is 0. The average molecular weight is 193 g/mol. The van der Waals surface area contributed by atoms with Crippen LogP contribution in [0.1, 0.15) is 46.0 Å². The zero-order chi connectivity index (χ0) is 7.11. The Bertz CT molecular complexity index is 46.5. The third-order valence-electron chi connectivity index (χ3n) is 1.53. The summed E-state index contributed by atoms with van der Waals surface area (Å²) < 4.78 is 0. The molecular weight excluding hydrogens is 176 g/mol. The van der Waals surface area contributed by atoms with Crippen LogP contribution >= 0.6 is 15.9 Å². The lowest BCUT2D eigenvalue weighted by molar-refractivity contribution is 0.521. The van der Waals surface area contributed by atoms with Crippen molar-refractivity contribution in [1.82, 2.24) is 0 Å². The van der Waals surface area contributed by atoms with Crippen LogP contribution in [0, 0.1) is 0 Å². The standard InChI is InChI=1S/C6H11Br.C2H6/c7-6-4-2-1-3-5-6;1-2/h6H,1-5H2;1-2H3. The van der Waals surface area contributed by atoms with Crippen molar-refractivity contribution in [1.29, 1.82) is 0 Å². The zero-order valence-corrected chi connectivity index (χ0v) is 8.08. The van der Waals surface area contributed by atoms with Gasteiger partial charge in [0.05, 0.1) is 0 Å². The van der Waals surface area contributed by atoms with E-state index in [1.807, 2.05) is 13.8 Å². The third kappa shape index (κ3) is 4.95. The van der Waals surface area contributed by atoms with Crippen molar-refractivity contribution in [2.24, 2.45) is 0 Å². The molecule has 0 heterocycles. The maximum Gasteiger partial charge on any atom is 0.0145 e. The molecule has 0 aliphatic heterocycles. The van der Waals surface area contributed by atoms with Gasteiger partial charge in [0.2, 0.25) is 0 Å². The van der Waals surface area contributed by atoms with Gasteiger partial charge in [0.25, 0.3) is 0 Å². The van der Waals surface area contributed by atoms with E-state index in [0.29, 0.717) is 0 Å². The van der Waals surface area contributed by atoms with E-state index in [1.165, 1.54) is 32.1 Å². The molecule has 0 radical (unpaired) electrons. The molecule has 1 aliphatic rings. The molecule has 1 saturated carbocycles. The summed E-state index contributed by atoms with van der Waals surface area (Å²) in [5.74, 6) is 0. The molecule has 0 aromatic rings. The Balaban J connectivity index is 0.000000291. The zero-order valence-electron chi connectivity index (χ0n) is 6.49. The van der Waals surface area contributed by atoms with Crippen LogP contribution in [-0.4, -0.2) is 4.83 Å². The molecule has 1 aliphatic carbocycles. The molecule has 0 amide bonds. The van der Waals surface area contributed by atoms with Gasteiger partial charge >= 0.3 is 0 Å². The smallest absolute Gasteiger partial charge is 0.0145 e. The van der Waals surface area contributed by atoms with Crippen molar-refractivity contribution in [3.05, 3.63) is 0 Å². The summed E-state index contributed by atoms with van der Waals surface area (Å²) in [7, 11) is 0. The van der Waals surface area contributed by atoms with Gasteiger partial charge in [-0.15, -0.1) is 0 Å². The van der Waals surface area contributed by atoms with E-state index < -0.39 is 0 Å². The lowest BCUT2D eigenvalue weighted by Crippen LogP contribution is -2.02. The van der Waals surface area contributed by atoms with Crippen LogP contribution in [0.4, 0.5) is 0 Å². The van der Waals surface area contributed by atoms with Crippen LogP contribution in [0.25, 0.3) is 0 Å². The fourth-order valence-corrected chi connectivity index (χ4v) is 1.70. The molecule has 1 fully saturated rings. The van der Waals surface area contributed by atoms with E-state index in [2.05, 4.69) is 15.9 Å². The first-order valence-electron chi connectivity index (χ1n) is 4.03. The van der Waals surface area contributed by atoms with Crippen molar-refractivity contribution >= 4 is 15.9 Å². The van der Waals surface area contributed by atoms with Gasteiger partial charge in [-0.2, -0.15) is 0 Å². The topological polar surface area (TPSA) is 0 Å². The summed E-state index contributed by atoms with van der Waals surface area (Å²) in [6.45, 7) is 4.00. The van der Waals surface area contributed by atoms with Crippen LogP contribution in [0.2, 0.25) is 0 Å². The Labute approximate surface area is 67.2 Å². The molecule has 0 spiro atoms. The molecule has 0 aromatic heterocycles. The molecular formula is C8H17Br. The largest absolute Gasteiger partial charge is 0.0891 e. The predicted molar refractivity (Wildman–Crippen MR) is 47.1 cm³/mol. The fourth-order valence-electron chi connectivity index (χ4n) is 1.05. The van der Waals surface area contributed by atoms with Gasteiger partial charge in [-0.25, -0.2) is 0 Å². The second-order valence-corrected chi connectivity index (χ2v) is 3.53. The normalized spacial score (nSPS) is 20.3. The van der Waals surface area contributed by atoms with E-state index in [9.17, 15) is 0 Å². The van der Waals surface area contributed by atoms with Gasteiger partial charge in [-0.05, 0) is 12.8 Å². The Morgan fingerprint density at radius 3 is 1.67 bits per heavy atom. The third-order valence-corrected chi connectivity index (χ3v) is 2.45. The highest BCUT2D eigenvalue weighted by Crippen LogP contribution is 2.22. The first-order chi connectivity index (χ1) is 4.39. The monoisotopic (exact) mass is 192 g/mol. The van der Waals surface area contributed by atoms with E-state index >= 15 is 0 Å². The summed E-state index contributed by atoms with van der Waals surface area (Å²) in [5.41, 5.74) is 0. The van der Waals surface area contributed by atoms with Crippen LogP contribution in [-0.2, 0) is 0 Å². The van der Waals surface area contributed by atoms with E-state index in [-0.39, 0.29) is 0 Å². The minimum absolute atomic E-state index is 0.848. The Morgan fingerprint density at radius 1 is 1.00 bits per heavy atom. The van der Waals surface area contributed by atoms with Gasteiger partial charge in [-0.1, -0.05) is 49.0 Å². The lowest BCUT2D eigenvalue weighted by atomic mass is 10.0. The van der Waals surface area contributed by atoms with Gasteiger partial charge in [0.15, 0.2) is 0 Å². The molecule has 0 nitrogen and oxygen atoms in total. The summed E-state index contributed by atoms with van der Waals surface area (Å²) in [4.78, 5) is 0.848. The van der Waals surface area contributed by atoms with E-state index in [0.717, 1.165) is 4.83 Å². The van der Waals surface area contributed by atoms with Crippen LogP contribution in [0.5, 0.6) is 0 Å². The lowest BCUT2D eigenvalue weighted by Gasteiger charge is -2.13. The average Bonchev–Trinajstić information content (AvgIpc) is 1.94. The van der Waals surface area contributed by atoms with Crippen molar-refractivity contribution in [3.8, 4) is 0 Å². The van der Waals surface area contributed by atoms with Crippen molar-refractivity contribution in [3.63, 3.8) is 0 Å². The highest BCUT2D eigenvalue weighted by Gasteiger charge is 2.07. The van der Waals surface area contributed by atoms with Gasteiger partial charge in [0, 0.05) is 4.83 Å². The molecule has 1 heteroatoms. The van der Waals surface area contributed by atoms with Crippen LogP contribution < -0.4 is 0 Å². The first-order valence-corrected chi connectivity index (χ1v) is 4.95. The molecule has 0 atom stereocenters. The number of halogens is 1. The maximum absolute atomic E-state index is 3.59. The van der Waals surface area contributed by atoms with Crippen LogP contribution in [0.3, 0.4) is 0 Å². The minimum atomic E-state index is 0.848. The van der Waals surface area contributed by atoms with Gasteiger partial charge in [-0.3, -0.25) is 0 Å². The predicted octanol–water partition coefficient (Wildman–Crippen LogP) is 3.74. The molecule has 56 valence electrons. The Hall–Kier alpha value is 0.480. The summed E-state index contributed by atoms with van der Waals surface area (Å²) in [6.07, 6.45) is 7.15. The van der Waals surface area contributed by atoms with Crippen LogP contribution in [0.15, 0.2) is 0 Å². The molecule has 0 bridgehead atoms. The molecule has 0 unspecified atom stereocenters. The maximum atomic E-state index is 3.59. The Morgan fingerprint density at radius 2 is 1.44 bits per heavy atom. The summed E-state index contributed by atoms with van der Waals surface area (Å²) in [6, 6.07) is 0. The number of rotatable bonds is 0. The van der Waals surface area contributed by atoms with Crippen molar-refractivity contribution < 1.29 is 0 Å². The quantitative estimate of drug-likeness (QED) is 0.514. The van der Waals surface area contributed by atoms with Gasteiger partial charge < -0.3 is 0 Å². The van der Waals surface area contributed by atoms with Gasteiger partial charge in [0.1, 0.15) is 0 Å².